The molecule has 52 valence electrons. The number of hydrogen-bond acceptors (Lipinski definition) is 1. The third kappa shape index (κ3) is 0.686. The Morgan fingerprint density at radius 3 is 2.30 bits per heavy atom. The van der Waals surface area contributed by atoms with Crippen molar-refractivity contribution in [2.45, 2.75) is 25.7 Å². The lowest BCUT2D eigenvalue weighted by Crippen LogP contribution is -2.16. The molecule has 1 fully saturated rings. The number of nitriles is 1. The molecule has 2 rings (SSSR count). The largest absolute Gasteiger partial charge is 0.198 e. The van der Waals surface area contributed by atoms with Crippen LogP contribution in [0.3, 0.4) is 0 Å². The molecule has 0 spiro atoms. The van der Waals surface area contributed by atoms with Gasteiger partial charge < -0.3 is 0 Å². The Morgan fingerprint density at radius 1 is 1.30 bits per heavy atom. The zero-order valence-corrected chi connectivity index (χ0v) is 6.01. The highest BCUT2D eigenvalue weighted by Gasteiger charge is 2.45. The van der Waals surface area contributed by atoms with Gasteiger partial charge >= 0.3 is 0 Å². The van der Waals surface area contributed by atoms with Crippen LogP contribution in [-0.4, -0.2) is 0 Å². The standard InChI is InChI=1S/C9H11N/c10-7-9(8-3-4-8)5-1-2-6-9/h1-2,8H,3-6H2. The predicted octanol–water partition coefficient (Wildman–Crippen LogP) is 2.26. The summed E-state index contributed by atoms with van der Waals surface area (Å²) < 4.78 is 0. The summed E-state index contributed by atoms with van der Waals surface area (Å²) in [6, 6.07) is 2.48. The molecule has 1 nitrogen and oxygen atoms in total. The van der Waals surface area contributed by atoms with Gasteiger partial charge in [-0.2, -0.15) is 5.26 Å². The second-order valence-corrected chi connectivity index (χ2v) is 3.42. The van der Waals surface area contributed by atoms with E-state index >= 15 is 0 Å². The highest BCUT2D eigenvalue weighted by molar-refractivity contribution is 5.17. The molecule has 10 heavy (non-hydrogen) atoms. The molecule has 0 bridgehead atoms. The maximum Gasteiger partial charge on any atom is 0.0699 e. The van der Waals surface area contributed by atoms with E-state index in [-0.39, 0.29) is 5.41 Å². The van der Waals surface area contributed by atoms with Gasteiger partial charge in [0, 0.05) is 0 Å². The molecule has 1 saturated carbocycles. The van der Waals surface area contributed by atoms with E-state index in [0.717, 1.165) is 18.8 Å². The number of allylic oxidation sites excluding steroid dienone is 2. The van der Waals surface area contributed by atoms with Crippen LogP contribution >= 0.6 is 0 Å². The normalized spacial score (nSPS) is 28.3. The fraction of sp³-hybridized carbons (Fsp3) is 0.667. The summed E-state index contributed by atoms with van der Waals surface area (Å²) in [6.07, 6.45) is 8.90. The fourth-order valence-corrected chi connectivity index (χ4v) is 1.82. The molecule has 0 heterocycles. The summed E-state index contributed by atoms with van der Waals surface area (Å²) in [6.45, 7) is 0. The van der Waals surface area contributed by atoms with Crippen LogP contribution in [0.1, 0.15) is 25.7 Å². The molecular weight excluding hydrogens is 122 g/mol. The van der Waals surface area contributed by atoms with Crippen molar-refractivity contribution < 1.29 is 0 Å². The van der Waals surface area contributed by atoms with Crippen molar-refractivity contribution in [3.05, 3.63) is 12.2 Å². The third-order valence-corrected chi connectivity index (χ3v) is 2.71. The first-order valence-electron chi connectivity index (χ1n) is 3.94. The Bertz CT molecular complexity index is 197. The minimum atomic E-state index is 0.0417. The molecular formula is C9H11N. The van der Waals surface area contributed by atoms with E-state index in [9.17, 15) is 0 Å². The first-order valence-corrected chi connectivity index (χ1v) is 3.94. The molecule has 0 unspecified atom stereocenters. The van der Waals surface area contributed by atoms with E-state index in [1.807, 2.05) is 0 Å². The second-order valence-electron chi connectivity index (χ2n) is 3.42. The molecule has 0 aromatic carbocycles. The van der Waals surface area contributed by atoms with Crippen LogP contribution in [0.4, 0.5) is 0 Å². The molecule has 0 saturated heterocycles. The lowest BCUT2D eigenvalue weighted by atomic mass is 9.82. The average Bonchev–Trinajstić information content (AvgIpc) is 2.71. The van der Waals surface area contributed by atoms with Gasteiger partial charge in [0.1, 0.15) is 0 Å². The quantitative estimate of drug-likeness (QED) is 0.503. The molecule has 2 aliphatic rings. The van der Waals surface area contributed by atoms with Crippen LogP contribution in [0.5, 0.6) is 0 Å². The van der Waals surface area contributed by atoms with Gasteiger partial charge in [-0.15, -0.1) is 0 Å². The van der Waals surface area contributed by atoms with E-state index in [1.165, 1.54) is 12.8 Å². The van der Waals surface area contributed by atoms with Crippen molar-refractivity contribution in [1.82, 2.24) is 0 Å². The van der Waals surface area contributed by atoms with E-state index in [0.29, 0.717) is 0 Å². The van der Waals surface area contributed by atoms with Gasteiger partial charge in [0.2, 0.25) is 0 Å². The van der Waals surface area contributed by atoms with E-state index in [4.69, 9.17) is 5.26 Å². The maximum atomic E-state index is 8.94. The van der Waals surface area contributed by atoms with Crippen molar-refractivity contribution in [1.29, 1.82) is 5.26 Å². The van der Waals surface area contributed by atoms with Gasteiger partial charge in [-0.1, -0.05) is 12.2 Å². The van der Waals surface area contributed by atoms with Gasteiger partial charge in [-0.3, -0.25) is 0 Å². The molecule has 0 aliphatic heterocycles. The summed E-state index contributed by atoms with van der Waals surface area (Å²) >= 11 is 0. The monoisotopic (exact) mass is 133 g/mol. The number of nitrogens with zero attached hydrogens (tertiary/aromatic N) is 1. The van der Waals surface area contributed by atoms with Crippen LogP contribution in [0.2, 0.25) is 0 Å². The SMILES string of the molecule is N#CC1(C2CC2)CC=CC1. The van der Waals surface area contributed by atoms with Gasteiger partial charge in [-0.25, -0.2) is 0 Å². The van der Waals surface area contributed by atoms with Crippen LogP contribution in [0.25, 0.3) is 0 Å². The van der Waals surface area contributed by atoms with Crippen molar-refractivity contribution >= 4 is 0 Å². The van der Waals surface area contributed by atoms with Crippen molar-refractivity contribution in [2.24, 2.45) is 11.3 Å². The summed E-state index contributed by atoms with van der Waals surface area (Å²) in [4.78, 5) is 0. The van der Waals surface area contributed by atoms with Gasteiger partial charge in [0.25, 0.3) is 0 Å². The van der Waals surface area contributed by atoms with Crippen molar-refractivity contribution in [2.75, 3.05) is 0 Å². The Morgan fingerprint density at radius 2 is 1.90 bits per heavy atom. The van der Waals surface area contributed by atoms with Crippen LogP contribution < -0.4 is 0 Å². The third-order valence-electron chi connectivity index (χ3n) is 2.71. The van der Waals surface area contributed by atoms with E-state index < -0.39 is 0 Å². The first-order chi connectivity index (χ1) is 4.87. The molecule has 0 N–H and O–H groups in total. The Balaban J connectivity index is 2.16. The van der Waals surface area contributed by atoms with E-state index in [2.05, 4.69) is 18.2 Å². The lowest BCUT2D eigenvalue weighted by molar-refractivity contribution is 0.366. The summed E-state index contributed by atoms with van der Waals surface area (Å²) in [5.41, 5.74) is 0.0417. The highest BCUT2D eigenvalue weighted by Crippen LogP contribution is 2.52. The molecule has 1 heteroatoms. The first kappa shape index (κ1) is 5.97. The summed E-state index contributed by atoms with van der Waals surface area (Å²) in [5, 5.41) is 8.94. The van der Waals surface area contributed by atoms with Crippen molar-refractivity contribution in [3.8, 4) is 6.07 Å². The zero-order valence-electron chi connectivity index (χ0n) is 6.01. The molecule has 0 atom stereocenters. The summed E-state index contributed by atoms with van der Waals surface area (Å²) in [7, 11) is 0. The summed E-state index contributed by atoms with van der Waals surface area (Å²) in [5.74, 6) is 0.729. The molecule has 0 radical (unpaired) electrons. The van der Waals surface area contributed by atoms with Gasteiger partial charge in [-0.05, 0) is 31.6 Å². The Labute approximate surface area is 61.4 Å². The maximum absolute atomic E-state index is 8.94. The van der Waals surface area contributed by atoms with Crippen LogP contribution in [0, 0.1) is 22.7 Å². The minimum Gasteiger partial charge on any atom is -0.198 e. The zero-order chi connectivity index (χ0) is 7.03. The molecule has 0 aromatic heterocycles. The second kappa shape index (κ2) is 1.85. The van der Waals surface area contributed by atoms with Crippen LogP contribution in [-0.2, 0) is 0 Å². The molecule has 2 aliphatic carbocycles. The van der Waals surface area contributed by atoms with Gasteiger partial charge in [0.15, 0.2) is 0 Å². The Hall–Kier alpha value is -0.770. The average molecular weight is 133 g/mol. The fourth-order valence-electron chi connectivity index (χ4n) is 1.82. The minimum absolute atomic E-state index is 0.0417. The lowest BCUT2D eigenvalue weighted by Gasteiger charge is -2.18. The number of hydrogen-bond donors (Lipinski definition) is 0. The topological polar surface area (TPSA) is 23.8 Å². The highest BCUT2D eigenvalue weighted by atomic mass is 14.5. The molecule has 0 aromatic rings. The van der Waals surface area contributed by atoms with E-state index in [1.54, 1.807) is 0 Å². The molecule has 0 amide bonds. The Kier molecular flexibility index (Phi) is 1.11. The predicted molar refractivity (Wildman–Crippen MR) is 39.1 cm³/mol. The van der Waals surface area contributed by atoms with Crippen LogP contribution in [0.15, 0.2) is 12.2 Å². The number of rotatable bonds is 1. The smallest absolute Gasteiger partial charge is 0.0699 e. The van der Waals surface area contributed by atoms with Gasteiger partial charge in [0.05, 0.1) is 11.5 Å². The van der Waals surface area contributed by atoms with Crippen molar-refractivity contribution in [3.63, 3.8) is 0 Å².